The summed E-state index contributed by atoms with van der Waals surface area (Å²) in [4.78, 5) is 64.6. The molecular formula is C41H66N10O6. The first-order chi connectivity index (χ1) is 27.1. The lowest BCUT2D eigenvalue weighted by molar-refractivity contribution is -0.148. The molecule has 1 aliphatic rings. The van der Waals surface area contributed by atoms with E-state index in [1.54, 1.807) is 30.9 Å². The summed E-state index contributed by atoms with van der Waals surface area (Å²) in [6.07, 6.45) is 1.49. The number of aromatic amines is 1. The second-order valence-electron chi connectivity index (χ2n) is 16.3. The summed E-state index contributed by atoms with van der Waals surface area (Å²) in [6, 6.07) is 7.78. The van der Waals surface area contributed by atoms with Crippen LogP contribution in [0.3, 0.4) is 0 Å². The van der Waals surface area contributed by atoms with Crippen LogP contribution in [-0.4, -0.2) is 137 Å². The third-order valence-electron chi connectivity index (χ3n) is 11.9. The van der Waals surface area contributed by atoms with Crippen molar-refractivity contribution < 1.29 is 28.7 Å². The number of likely N-dealkylation sites (N-methyl/N-ethyl adjacent to an activating group) is 2. The number of aromatic nitrogens is 4. The van der Waals surface area contributed by atoms with E-state index < -0.39 is 42.2 Å². The molecule has 2 amide bonds. The molecule has 1 aromatic heterocycles. The number of amides is 2. The van der Waals surface area contributed by atoms with Gasteiger partial charge in [0.05, 0.1) is 42.7 Å². The van der Waals surface area contributed by atoms with Gasteiger partial charge in [-0.15, -0.1) is 10.2 Å². The van der Waals surface area contributed by atoms with Gasteiger partial charge in [-0.25, -0.2) is 0 Å². The largest absolute Gasteiger partial charge is 0.379 e. The van der Waals surface area contributed by atoms with E-state index in [-0.39, 0.29) is 66.4 Å². The molecule has 0 unspecified atom stereocenters. The highest BCUT2D eigenvalue weighted by Gasteiger charge is 2.43. The molecule has 2 heterocycles. The SMILES string of the molecule is CC[C@H](C)[C@@H]([C@@H](CC(=O)N1CCC[C@H]1[C@H](OC)[C@@H](C)C(=O)C[C@@H](Cc1ccccc1)c1nn[nH]n1)OC)N(C)C(=O)[C@@H](CC(=O)[C@H](C(C)C)N(C)C)[C@H](C)N=[N+]=[N-]. The first-order valence-electron chi connectivity index (χ1n) is 20.3. The molecule has 3 rings (SSSR count). The molecule has 2 aromatic rings. The van der Waals surface area contributed by atoms with Crippen molar-refractivity contribution in [2.24, 2.45) is 28.8 Å². The Morgan fingerprint density at radius 1 is 1.00 bits per heavy atom. The van der Waals surface area contributed by atoms with Crippen molar-refractivity contribution in [1.82, 2.24) is 35.3 Å². The lowest BCUT2D eigenvalue weighted by Gasteiger charge is -2.41. The Balaban J connectivity index is 1.83. The van der Waals surface area contributed by atoms with E-state index in [2.05, 4.69) is 30.7 Å². The van der Waals surface area contributed by atoms with Gasteiger partial charge in [0, 0.05) is 63.4 Å². The van der Waals surface area contributed by atoms with Gasteiger partial charge in [-0.05, 0) is 56.3 Å². The van der Waals surface area contributed by atoms with Crippen molar-refractivity contribution in [3.63, 3.8) is 0 Å². The summed E-state index contributed by atoms with van der Waals surface area (Å²) in [7, 11) is 8.46. The van der Waals surface area contributed by atoms with Crippen LogP contribution in [0, 0.1) is 23.7 Å². The molecule has 16 heteroatoms. The summed E-state index contributed by atoms with van der Waals surface area (Å²) < 4.78 is 12.1. The number of rotatable bonds is 24. The van der Waals surface area contributed by atoms with Crippen molar-refractivity contribution >= 4 is 23.4 Å². The van der Waals surface area contributed by atoms with Gasteiger partial charge in [0.2, 0.25) is 11.8 Å². The van der Waals surface area contributed by atoms with E-state index in [1.807, 2.05) is 83.9 Å². The van der Waals surface area contributed by atoms with Crippen LogP contribution < -0.4 is 0 Å². The number of tetrazole rings is 1. The monoisotopic (exact) mass is 795 g/mol. The van der Waals surface area contributed by atoms with E-state index in [4.69, 9.17) is 9.47 Å². The average Bonchev–Trinajstić information content (AvgIpc) is 3.90. The van der Waals surface area contributed by atoms with Crippen LogP contribution in [0.25, 0.3) is 10.4 Å². The van der Waals surface area contributed by atoms with Gasteiger partial charge in [0.25, 0.3) is 0 Å². The summed E-state index contributed by atoms with van der Waals surface area (Å²) in [5.41, 5.74) is 10.4. The Labute approximate surface area is 338 Å². The molecular weight excluding hydrogens is 729 g/mol. The molecule has 1 saturated heterocycles. The number of H-pyrrole nitrogens is 1. The van der Waals surface area contributed by atoms with Crippen LogP contribution in [0.2, 0.25) is 0 Å². The predicted octanol–water partition coefficient (Wildman–Crippen LogP) is 5.27. The molecule has 1 aliphatic heterocycles. The Morgan fingerprint density at radius 3 is 2.23 bits per heavy atom. The number of azide groups is 1. The van der Waals surface area contributed by atoms with Crippen LogP contribution in [-0.2, 0) is 35.1 Å². The van der Waals surface area contributed by atoms with E-state index in [1.165, 1.54) is 7.11 Å². The number of hydrogen-bond donors (Lipinski definition) is 1. The van der Waals surface area contributed by atoms with Crippen molar-refractivity contribution in [3.8, 4) is 0 Å². The summed E-state index contributed by atoms with van der Waals surface area (Å²) in [6.45, 7) is 11.9. The van der Waals surface area contributed by atoms with Crippen molar-refractivity contribution in [2.45, 2.75) is 129 Å². The highest BCUT2D eigenvalue weighted by Crippen LogP contribution is 2.32. The van der Waals surface area contributed by atoms with Crippen molar-refractivity contribution in [2.75, 3.05) is 41.9 Å². The number of carbonyl (C=O) groups is 4. The Hall–Kier alpha value is -4.24. The minimum absolute atomic E-state index is 0.00832. The standard InChI is InChI=1S/C41H66N10O6/c1-12-26(4)38(50(9)41(55)31(28(6)43-46-42)23-34(53)37(25(2)3)49(7)8)35(56-10)24-36(54)51-20-16-19-32(51)39(57-11)27(5)33(52)22-30(40-44-47-48-45-40)21-29-17-14-13-15-18-29/h13-15,17-18,25-28,30-32,35,37-39H,12,16,19-24H2,1-11H3,(H,44,45,47,48)/t26-,27-,28-,30+,31-,32-,35+,37-,38-,39+/m0/s1. The number of hydrogen-bond acceptors (Lipinski definition) is 11. The fourth-order valence-corrected chi connectivity index (χ4v) is 8.75. The molecule has 10 atom stereocenters. The molecule has 316 valence electrons. The van der Waals surface area contributed by atoms with Gasteiger partial charge in [0.15, 0.2) is 11.6 Å². The van der Waals surface area contributed by atoms with Gasteiger partial charge < -0.3 is 19.3 Å². The van der Waals surface area contributed by atoms with E-state index >= 15 is 0 Å². The van der Waals surface area contributed by atoms with Gasteiger partial charge in [-0.3, -0.25) is 24.1 Å². The third-order valence-corrected chi connectivity index (χ3v) is 11.9. The number of carbonyl (C=O) groups excluding carboxylic acids is 4. The first-order valence-corrected chi connectivity index (χ1v) is 20.3. The zero-order valence-electron chi connectivity index (χ0n) is 35.9. The third kappa shape index (κ3) is 12.4. The molecule has 1 fully saturated rings. The molecule has 0 spiro atoms. The lowest BCUT2D eigenvalue weighted by Crippen LogP contribution is -2.54. The number of Topliss-reactive ketones (excluding diaryl/α,β-unsaturated/α-hetero) is 2. The average molecular weight is 795 g/mol. The second kappa shape index (κ2) is 22.6. The molecule has 0 radical (unpaired) electrons. The second-order valence-corrected chi connectivity index (χ2v) is 16.3. The quantitative estimate of drug-likeness (QED) is 0.0830. The molecule has 16 nitrogen and oxygen atoms in total. The van der Waals surface area contributed by atoms with Crippen molar-refractivity contribution in [1.29, 1.82) is 0 Å². The number of methoxy groups -OCH3 is 2. The number of benzene rings is 1. The molecule has 57 heavy (non-hydrogen) atoms. The van der Waals surface area contributed by atoms with E-state index in [0.29, 0.717) is 31.6 Å². The maximum absolute atomic E-state index is 14.4. The number of ketones is 2. The fourth-order valence-electron chi connectivity index (χ4n) is 8.75. The summed E-state index contributed by atoms with van der Waals surface area (Å²) in [5.74, 6) is -1.98. The lowest BCUT2D eigenvalue weighted by atomic mass is 9.85. The fraction of sp³-hybridized carbons (Fsp3) is 0.732. The number of nitrogens with zero attached hydrogens (tertiary/aromatic N) is 9. The Kier molecular flexibility index (Phi) is 18.7. The van der Waals surface area contributed by atoms with Gasteiger partial charge in [-0.2, -0.15) is 5.21 Å². The van der Waals surface area contributed by atoms with Crippen LogP contribution in [0.4, 0.5) is 0 Å². The van der Waals surface area contributed by atoms with Crippen molar-refractivity contribution in [3.05, 3.63) is 52.2 Å². The minimum atomic E-state index is -0.906. The number of likely N-dealkylation sites (tertiary alicyclic amines) is 1. The van der Waals surface area contributed by atoms with Crippen LogP contribution in [0.5, 0.6) is 0 Å². The highest BCUT2D eigenvalue weighted by atomic mass is 16.5. The number of ether oxygens (including phenoxy) is 2. The minimum Gasteiger partial charge on any atom is -0.379 e. The summed E-state index contributed by atoms with van der Waals surface area (Å²) in [5, 5.41) is 18.5. The van der Waals surface area contributed by atoms with Crippen LogP contribution >= 0.6 is 0 Å². The Morgan fingerprint density at radius 2 is 1.68 bits per heavy atom. The maximum atomic E-state index is 14.4. The summed E-state index contributed by atoms with van der Waals surface area (Å²) >= 11 is 0. The molecule has 0 bridgehead atoms. The van der Waals surface area contributed by atoms with E-state index in [0.717, 1.165) is 12.0 Å². The molecule has 0 saturated carbocycles. The van der Waals surface area contributed by atoms with Gasteiger partial charge >= 0.3 is 0 Å². The zero-order chi connectivity index (χ0) is 42.4. The highest BCUT2D eigenvalue weighted by molar-refractivity contribution is 5.90. The normalized spacial score (nSPS) is 19.2. The molecule has 1 aromatic carbocycles. The van der Waals surface area contributed by atoms with E-state index in [9.17, 15) is 24.7 Å². The first kappa shape index (κ1) is 47.1. The van der Waals surface area contributed by atoms with Crippen LogP contribution in [0.1, 0.15) is 97.4 Å². The van der Waals surface area contributed by atoms with Gasteiger partial charge in [0.1, 0.15) is 5.78 Å². The Bertz CT molecular complexity index is 1610. The smallest absolute Gasteiger partial charge is 0.226 e. The van der Waals surface area contributed by atoms with Crippen LogP contribution in [0.15, 0.2) is 35.4 Å². The van der Waals surface area contributed by atoms with Gasteiger partial charge in [-0.1, -0.05) is 88.6 Å². The topological polar surface area (TPSA) is 200 Å². The predicted molar refractivity (Wildman–Crippen MR) is 217 cm³/mol. The number of nitrogens with one attached hydrogen (secondary N) is 1. The zero-order valence-corrected chi connectivity index (χ0v) is 35.9. The molecule has 0 aliphatic carbocycles. The molecule has 1 N–H and O–H groups in total. The maximum Gasteiger partial charge on any atom is 0.226 e.